The number of likely N-dealkylation sites (tertiary alicyclic amines) is 1. The van der Waals surface area contributed by atoms with Gasteiger partial charge in [-0.1, -0.05) is 11.6 Å². The van der Waals surface area contributed by atoms with E-state index in [4.69, 9.17) is 11.6 Å². The van der Waals surface area contributed by atoms with Crippen molar-refractivity contribution in [3.8, 4) is 0 Å². The van der Waals surface area contributed by atoms with Crippen molar-refractivity contribution in [1.29, 1.82) is 0 Å². The van der Waals surface area contributed by atoms with Crippen LogP contribution in [0, 0.1) is 0 Å². The zero-order valence-corrected chi connectivity index (χ0v) is 13.5. The van der Waals surface area contributed by atoms with E-state index >= 15 is 0 Å². The maximum absolute atomic E-state index is 12.4. The summed E-state index contributed by atoms with van der Waals surface area (Å²) in [6, 6.07) is 7.05. The summed E-state index contributed by atoms with van der Waals surface area (Å²) in [5, 5.41) is 4.24. The first-order valence-electron chi connectivity index (χ1n) is 7.76. The molecule has 23 heavy (non-hydrogen) atoms. The summed E-state index contributed by atoms with van der Waals surface area (Å²) in [5.74, 6) is 0.0438. The summed E-state index contributed by atoms with van der Waals surface area (Å²) in [6.07, 6.45) is 3.98. The molecule has 0 unspecified atom stereocenters. The lowest BCUT2D eigenvalue weighted by Crippen LogP contribution is -2.30. The van der Waals surface area contributed by atoms with Crippen LogP contribution in [-0.4, -0.2) is 41.3 Å². The van der Waals surface area contributed by atoms with Gasteiger partial charge in [0.25, 0.3) is 5.91 Å². The second kappa shape index (κ2) is 6.96. The topological polar surface area (TPSA) is 62.3 Å². The van der Waals surface area contributed by atoms with Crippen molar-refractivity contribution in [2.75, 3.05) is 19.6 Å². The van der Waals surface area contributed by atoms with E-state index in [1.807, 2.05) is 11.0 Å². The van der Waals surface area contributed by atoms with Crippen LogP contribution in [0.3, 0.4) is 0 Å². The number of nitrogens with one attached hydrogen (secondary N) is 1. The lowest BCUT2D eigenvalue weighted by molar-refractivity contribution is -0.127. The number of hydrogen-bond donors (Lipinski definition) is 1. The summed E-state index contributed by atoms with van der Waals surface area (Å²) >= 11 is 6.14. The molecule has 0 bridgehead atoms. The Morgan fingerprint density at radius 2 is 2.22 bits per heavy atom. The van der Waals surface area contributed by atoms with Crippen LogP contribution in [0.5, 0.6) is 0 Å². The van der Waals surface area contributed by atoms with Crippen LogP contribution in [0.2, 0.25) is 5.02 Å². The van der Waals surface area contributed by atoms with E-state index in [1.165, 1.54) is 0 Å². The van der Waals surface area contributed by atoms with E-state index in [2.05, 4.69) is 10.3 Å². The van der Waals surface area contributed by atoms with Gasteiger partial charge in [0, 0.05) is 37.6 Å². The zero-order chi connectivity index (χ0) is 16.2. The SMILES string of the molecule is O=C(NCCCN1CCCC1=O)c1ccc(Cl)c2cccnc12. The maximum atomic E-state index is 12.4. The molecule has 0 spiro atoms. The number of carbonyl (C=O) groups is 2. The van der Waals surface area contributed by atoms with Gasteiger partial charge in [0.15, 0.2) is 0 Å². The molecule has 1 N–H and O–H groups in total. The molecule has 120 valence electrons. The quantitative estimate of drug-likeness (QED) is 0.857. The third kappa shape index (κ3) is 3.45. The molecule has 0 radical (unpaired) electrons. The van der Waals surface area contributed by atoms with Crippen molar-refractivity contribution in [2.24, 2.45) is 0 Å². The largest absolute Gasteiger partial charge is 0.352 e. The first kappa shape index (κ1) is 15.7. The van der Waals surface area contributed by atoms with Crippen molar-refractivity contribution in [3.05, 3.63) is 41.0 Å². The van der Waals surface area contributed by atoms with Gasteiger partial charge >= 0.3 is 0 Å². The number of pyridine rings is 1. The van der Waals surface area contributed by atoms with Crippen LogP contribution in [0.15, 0.2) is 30.5 Å². The van der Waals surface area contributed by atoms with Gasteiger partial charge in [-0.25, -0.2) is 0 Å². The van der Waals surface area contributed by atoms with Crippen LogP contribution in [0.1, 0.15) is 29.6 Å². The van der Waals surface area contributed by atoms with E-state index in [1.54, 1.807) is 24.4 Å². The minimum Gasteiger partial charge on any atom is -0.352 e. The fourth-order valence-corrected chi connectivity index (χ4v) is 3.04. The van der Waals surface area contributed by atoms with Crippen LogP contribution in [-0.2, 0) is 4.79 Å². The summed E-state index contributed by atoms with van der Waals surface area (Å²) < 4.78 is 0. The molecule has 1 aromatic carbocycles. The molecule has 0 atom stereocenters. The molecule has 0 aliphatic carbocycles. The molecule has 2 heterocycles. The molecule has 0 saturated carbocycles. The number of fused-ring (bicyclic) bond motifs is 1. The van der Waals surface area contributed by atoms with Crippen molar-refractivity contribution < 1.29 is 9.59 Å². The number of rotatable bonds is 5. The average molecular weight is 332 g/mol. The number of aromatic nitrogens is 1. The van der Waals surface area contributed by atoms with Gasteiger partial charge in [0.05, 0.1) is 16.1 Å². The highest BCUT2D eigenvalue weighted by Crippen LogP contribution is 2.24. The van der Waals surface area contributed by atoms with Gasteiger partial charge in [-0.3, -0.25) is 14.6 Å². The maximum Gasteiger partial charge on any atom is 0.253 e. The molecule has 2 aromatic rings. The van der Waals surface area contributed by atoms with E-state index < -0.39 is 0 Å². The summed E-state index contributed by atoms with van der Waals surface area (Å²) in [5.41, 5.74) is 1.12. The Kier molecular flexibility index (Phi) is 4.76. The Morgan fingerprint density at radius 1 is 1.35 bits per heavy atom. The predicted molar refractivity (Wildman–Crippen MR) is 89.5 cm³/mol. The van der Waals surface area contributed by atoms with Gasteiger partial charge in [-0.2, -0.15) is 0 Å². The normalized spacial score (nSPS) is 14.5. The number of carbonyl (C=O) groups excluding carboxylic acids is 2. The molecule has 1 saturated heterocycles. The molecule has 1 fully saturated rings. The summed E-state index contributed by atoms with van der Waals surface area (Å²) in [4.78, 5) is 30.0. The fourth-order valence-electron chi connectivity index (χ4n) is 2.83. The highest BCUT2D eigenvalue weighted by atomic mass is 35.5. The smallest absolute Gasteiger partial charge is 0.253 e. The van der Waals surface area contributed by atoms with Crippen molar-refractivity contribution in [2.45, 2.75) is 19.3 Å². The first-order chi connectivity index (χ1) is 11.2. The lowest BCUT2D eigenvalue weighted by atomic mass is 10.1. The number of benzene rings is 1. The average Bonchev–Trinajstić information content (AvgIpc) is 2.97. The summed E-state index contributed by atoms with van der Waals surface area (Å²) in [7, 11) is 0. The van der Waals surface area contributed by atoms with E-state index in [9.17, 15) is 9.59 Å². The third-order valence-electron chi connectivity index (χ3n) is 4.02. The van der Waals surface area contributed by atoms with Crippen LogP contribution in [0.25, 0.3) is 10.9 Å². The summed E-state index contributed by atoms with van der Waals surface area (Å²) in [6.45, 7) is 2.05. The van der Waals surface area contributed by atoms with Gasteiger partial charge in [0.2, 0.25) is 5.91 Å². The van der Waals surface area contributed by atoms with Crippen molar-refractivity contribution in [1.82, 2.24) is 15.2 Å². The number of nitrogens with zero attached hydrogens (tertiary/aromatic N) is 2. The van der Waals surface area contributed by atoms with E-state index in [0.29, 0.717) is 35.6 Å². The van der Waals surface area contributed by atoms with Gasteiger partial charge < -0.3 is 10.2 Å². The molecule has 3 rings (SSSR count). The highest BCUT2D eigenvalue weighted by Gasteiger charge is 2.19. The Morgan fingerprint density at radius 3 is 3.00 bits per heavy atom. The Labute approximate surface area is 139 Å². The Hall–Kier alpha value is -2.14. The predicted octanol–water partition coefficient (Wildman–Crippen LogP) is 2.63. The van der Waals surface area contributed by atoms with Gasteiger partial charge in [-0.05, 0) is 37.1 Å². The number of amides is 2. The molecular weight excluding hydrogens is 314 g/mol. The van der Waals surface area contributed by atoms with Crippen LogP contribution < -0.4 is 5.32 Å². The highest BCUT2D eigenvalue weighted by molar-refractivity contribution is 6.36. The van der Waals surface area contributed by atoms with Gasteiger partial charge in [-0.15, -0.1) is 0 Å². The molecule has 1 aliphatic rings. The van der Waals surface area contributed by atoms with Crippen LogP contribution >= 0.6 is 11.6 Å². The minimum atomic E-state index is -0.168. The minimum absolute atomic E-state index is 0.168. The first-order valence-corrected chi connectivity index (χ1v) is 8.14. The molecule has 1 aromatic heterocycles. The van der Waals surface area contributed by atoms with Crippen molar-refractivity contribution in [3.63, 3.8) is 0 Å². The standard InChI is InChI=1S/C17H18ClN3O2/c18-14-7-6-13(16-12(14)4-1-8-19-16)17(23)20-9-3-11-21-10-2-5-15(21)22/h1,4,6-8H,2-3,5,9-11H2,(H,20,23). The lowest BCUT2D eigenvalue weighted by Gasteiger charge is -2.15. The van der Waals surface area contributed by atoms with Gasteiger partial charge in [0.1, 0.15) is 0 Å². The second-order valence-electron chi connectivity index (χ2n) is 5.59. The Balaban J connectivity index is 1.60. The number of halogens is 1. The van der Waals surface area contributed by atoms with Crippen molar-refractivity contribution >= 4 is 34.3 Å². The second-order valence-corrected chi connectivity index (χ2v) is 6.00. The van der Waals surface area contributed by atoms with E-state index in [0.717, 1.165) is 24.8 Å². The monoisotopic (exact) mass is 331 g/mol. The molecule has 5 nitrogen and oxygen atoms in total. The fraction of sp³-hybridized carbons (Fsp3) is 0.353. The molecular formula is C17H18ClN3O2. The molecule has 6 heteroatoms. The van der Waals surface area contributed by atoms with Crippen LogP contribution in [0.4, 0.5) is 0 Å². The number of hydrogen-bond acceptors (Lipinski definition) is 3. The zero-order valence-electron chi connectivity index (χ0n) is 12.7. The molecule has 2 amide bonds. The van der Waals surface area contributed by atoms with E-state index in [-0.39, 0.29) is 11.8 Å². The Bertz CT molecular complexity index is 748. The molecule has 1 aliphatic heterocycles. The third-order valence-corrected chi connectivity index (χ3v) is 4.35.